The first-order chi connectivity index (χ1) is 8.37. The van der Waals surface area contributed by atoms with Gasteiger partial charge >= 0.3 is 5.69 Å². The van der Waals surface area contributed by atoms with E-state index in [1.807, 2.05) is 0 Å². The molecule has 1 fully saturated rings. The van der Waals surface area contributed by atoms with Crippen molar-refractivity contribution >= 4 is 0 Å². The molecule has 1 aromatic heterocycles. The smallest absolute Gasteiger partial charge is 0.331 e. The van der Waals surface area contributed by atoms with Crippen LogP contribution in [0.4, 0.5) is 0 Å². The first-order valence-corrected chi connectivity index (χ1v) is 5.87. The van der Waals surface area contributed by atoms with E-state index >= 15 is 0 Å². The normalized spacial score (nSPS) is 31.8. The van der Waals surface area contributed by atoms with E-state index < -0.39 is 29.3 Å². The Balaban J connectivity index is 2.52. The van der Waals surface area contributed by atoms with Gasteiger partial charge in [-0.15, -0.1) is 0 Å². The zero-order valence-corrected chi connectivity index (χ0v) is 10.3. The van der Waals surface area contributed by atoms with Gasteiger partial charge in [-0.3, -0.25) is 20.1 Å². The Morgan fingerprint density at radius 2 is 2.33 bits per heavy atom. The van der Waals surface area contributed by atoms with Gasteiger partial charge < -0.3 is 9.84 Å². The van der Waals surface area contributed by atoms with Crippen LogP contribution in [-0.2, 0) is 17.0 Å². The van der Waals surface area contributed by atoms with Gasteiger partial charge in [-0.05, 0) is 13.3 Å². The van der Waals surface area contributed by atoms with Crippen molar-refractivity contribution in [2.24, 2.45) is 5.73 Å². The third-order valence-electron chi connectivity index (χ3n) is 3.24. The summed E-state index contributed by atoms with van der Waals surface area (Å²) in [7, 11) is 0. The zero-order valence-electron chi connectivity index (χ0n) is 10.3. The van der Waals surface area contributed by atoms with Crippen molar-refractivity contribution in [2.75, 3.05) is 0 Å². The first kappa shape index (κ1) is 13.0. The summed E-state index contributed by atoms with van der Waals surface area (Å²) in [5, 5.41) is 9.67. The molecule has 3 atom stereocenters. The van der Waals surface area contributed by atoms with Crippen LogP contribution >= 0.6 is 0 Å². The summed E-state index contributed by atoms with van der Waals surface area (Å²) in [4.78, 5) is 25.5. The molecule has 2 rings (SSSR count). The van der Waals surface area contributed by atoms with E-state index in [4.69, 9.17) is 10.5 Å². The van der Waals surface area contributed by atoms with Crippen molar-refractivity contribution < 1.29 is 9.84 Å². The van der Waals surface area contributed by atoms with Crippen LogP contribution in [0, 0.1) is 0 Å². The van der Waals surface area contributed by atoms with Crippen molar-refractivity contribution in [3.63, 3.8) is 0 Å². The Bertz CT molecular complexity index is 552. The van der Waals surface area contributed by atoms with Gasteiger partial charge in [0.15, 0.2) is 0 Å². The van der Waals surface area contributed by atoms with E-state index in [9.17, 15) is 14.7 Å². The molecule has 1 saturated heterocycles. The minimum Gasteiger partial charge on any atom is -0.390 e. The van der Waals surface area contributed by atoms with Gasteiger partial charge in [0.25, 0.3) is 5.56 Å². The van der Waals surface area contributed by atoms with Crippen molar-refractivity contribution in [2.45, 2.75) is 44.7 Å². The summed E-state index contributed by atoms with van der Waals surface area (Å²) in [5.41, 5.74) is 5.38. The number of aryl methyl sites for hydroxylation is 1. The Hall–Kier alpha value is -1.44. The summed E-state index contributed by atoms with van der Waals surface area (Å²) in [6.07, 6.45) is 0.775. The van der Waals surface area contributed by atoms with Crippen LogP contribution < -0.4 is 17.0 Å². The van der Waals surface area contributed by atoms with Crippen molar-refractivity contribution in [3.8, 4) is 0 Å². The van der Waals surface area contributed by atoms with Crippen LogP contribution in [0.3, 0.4) is 0 Å². The topological polar surface area (TPSA) is 110 Å². The van der Waals surface area contributed by atoms with Gasteiger partial charge in [0.2, 0.25) is 5.85 Å². The molecule has 2 heterocycles. The Labute approximate surface area is 103 Å². The number of H-pyrrole nitrogens is 1. The molecule has 4 N–H and O–H groups in total. The number of aliphatic hydroxyl groups excluding tert-OH is 1. The van der Waals surface area contributed by atoms with Crippen LogP contribution in [0.15, 0.2) is 15.8 Å². The molecule has 0 radical (unpaired) electrons. The second-order valence-electron chi connectivity index (χ2n) is 4.58. The van der Waals surface area contributed by atoms with E-state index in [0.717, 1.165) is 4.57 Å². The number of hydrogen-bond donors (Lipinski definition) is 3. The number of rotatable bonds is 2. The van der Waals surface area contributed by atoms with Crippen molar-refractivity contribution in [1.82, 2.24) is 9.55 Å². The third-order valence-corrected chi connectivity index (χ3v) is 3.24. The van der Waals surface area contributed by atoms with Gasteiger partial charge in [0, 0.05) is 18.2 Å². The van der Waals surface area contributed by atoms with Crippen LogP contribution in [0.25, 0.3) is 0 Å². The molecule has 0 spiro atoms. The van der Waals surface area contributed by atoms with Crippen molar-refractivity contribution in [1.29, 1.82) is 0 Å². The summed E-state index contributed by atoms with van der Waals surface area (Å²) in [6.45, 7) is 3.48. The van der Waals surface area contributed by atoms with Gasteiger partial charge in [0.1, 0.15) is 0 Å². The molecule has 7 nitrogen and oxygen atoms in total. The third kappa shape index (κ3) is 2.00. The summed E-state index contributed by atoms with van der Waals surface area (Å²) < 4.78 is 6.57. The maximum atomic E-state index is 11.8. The molecule has 18 heavy (non-hydrogen) atoms. The molecular weight excluding hydrogens is 238 g/mol. The second-order valence-corrected chi connectivity index (χ2v) is 4.58. The second kappa shape index (κ2) is 4.34. The number of nitrogens with zero attached hydrogens (tertiary/aromatic N) is 1. The Morgan fingerprint density at radius 3 is 2.83 bits per heavy atom. The quantitative estimate of drug-likeness (QED) is 0.617. The molecule has 1 aliphatic heterocycles. The minimum absolute atomic E-state index is 0.100. The van der Waals surface area contributed by atoms with Crippen molar-refractivity contribution in [3.05, 3.63) is 32.6 Å². The lowest BCUT2D eigenvalue weighted by Crippen LogP contribution is -2.50. The molecule has 0 aromatic carbocycles. The number of aromatic nitrogens is 2. The molecule has 100 valence electrons. The lowest BCUT2D eigenvalue weighted by Gasteiger charge is -2.26. The van der Waals surface area contributed by atoms with Gasteiger partial charge in [-0.25, -0.2) is 4.79 Å². The van der Waals surface area contributed by atoms with Crippen LogP contribution in [0.2, 0.25) is 0 Å². The highest BCUT2D eigenvalue weighted by Gasteiger charge is 2.43. The predicted molar refractivity (Wildman–Crippen MR) is 64.0 cm³/mol. The van der Waals surface area contributed by atoms with Gasteiger partial charge in [-0.1, -0.05) is 6.92 Å². The SMILES string of the molecule is CCc1cn([C@@]2(N)C[C@H](O)[C@@H](C)O2)c(=O)[nH]c1=O. The number of nitrogens with two attached hydrogens (primary N) is 1. The van der Waals surface area contributed by atoms with Crippen LogP contribution in [0.5, 0.6) is 0 Å². The molecule has 0 saturated carbocycles. The van der Waals surface area contributed by atoms with E-state index in [1.165, 1.54) is 6.20 Å². The maximum absolute atomic E-state index is 11.8. The highest BCUT2D eigenvalue weighted by molar-refractivity contribution is 5.06. The van der Waals surface area contributed by atoms with Crippen LogP contribution in [0.1, 0.15) is 25.8 Å². The van der Waals surface area contributed by atoms with E-state index in [0.29, 0.717) is 12.0 Å². The molecule has 0 aliphatic carbocycles. The molecule has 0 amide bonds. The van der Waals surface area contributed by atoms with E-state index in [1.54, 1.807) is 13.8 Å². The van der Waals surface area contributed by atoms with E-state index in [2.05, 4.69) is 4.98 Å². The predicted octanol–water partition coefficient (Wildman–Crippen LogP) is -1.16. The van der Waals surface area contributed by atoms with Gasteiger partial charge in [-0.2, -0.15) is 0 Å². The average molecular weight is 255 g/mol. The number of aliphatic hydroxyl groups is 1. The summed E-state index contributed by atoms with van der Waals surface area (Å²) in [6, 6.07) is 0. The van der Waals surface area contributed by atoms with Crippen LogP contribution in [-0.4, -0.2) is 26.9 Å². The number of nitrogens with one attached hydrogen (secondary N) is 1. The lowest BCUT2D eigenvalue weighted by molar-refractivity contribution is -0.0958. The molecule has 7 heteroatoms. The molecule has 0 unspecified atom stereocenters. The number of ether oxygens (including phenoxy) is 1. The molecule has 1 aliphatic rings. The van der Waals surface area contributed by atoms with Gasteiger partial charge in [0.05, 0.1) is 12.2 Å². The number of hydrogen-bond acceptors (Lipinski definition) is 5. The largest absolute Gasteiger partial charge is 0.390 e. The fourth-order valence-electron chi connectivity index (χ4n) is 2.11. The fraction of sp³-hybridized carbons (Fsp3) is 0.636. The molecule has 0 bridgehead atoms. The minimum atomic E-state index is -1.41. The first-order valence-electron chi connectivity index (χ1n) is 5.87. The Kier molecular flexibility index (Phi) is 3.14. The molecular formula is C11H17N3O4. The fourth-order valence-corrected chi connectivity index (χ4v) is 2.11. The Morgan fingerprint density at radius 1 is 1.67 bits per heavy atom. The zero-order chi connectivity index (χ0) is 13.5. The highest BCUT2D eigenvalue weighted by atomic mass is 16.6. The number of aromatic amines is 1. The summed E-state index contributed by atoms with van der Waals surface area (Å²) >= 11 is 0. The molecule has 1 aromatic rings. The maximum Gasteiger partial charge on any atom is 0.331 e. The highest BCUT2D eigenvalue weighted by Crippen LogP contribution is 2.29. The average Bonchev–Trinajstić information content (AvgIpc) is 2.53. The standard InChI is InChI=1S/C11H17N3O4/c1-3-7-5-14(10(17)13-9(7)16)11(12)4-8(15)6(2)18-11/h5-6,8,15H,3-4,12H2,1-2H3,(H,13,16,17)/t6-,8+,11+/m1/s1. The monoisotopic (exact) mass is 255 g/mol. The van der Waals surface area contributed by atoms with E-state index in [-0.39, 0.29) is 6.42 Å². The summed E-state index contributed by atoms with van der Waals surface area (Å²) in [5.74, 6) is -1.41. The lowest BCUT2D eigenvalue weighted by atomic mass is 10.1.